The Hall–Kier alpha value is -0.330. The van der Waals surface area contributed by atoms with Gasteiger partial charge in [-0.15, -0.1) is 0 Å². The molecule has 1 nitrogen and oxygen atoms in total. The zero-order chi connectivity index (χ0) is 10.7. The van der Waals surface area contributed by atoms with E-state index in [4.69, 9.17) is 0 Å². The molecule has 0 bridgehead atoms. The van der Waals surface area contributed by atoms with E-state index < -0.39 is 0 Å². The summed E-state index contributed by atoms with van der Waals surface area (Å²) in [5, 5.41) is 0. The van der Waals surface area contributed by atoms with E-state index in [-0.39, 0.29) is 5.41 Å². The lowest BCUT2D eigenvalue weighted by Crippen LogP contribution is -2.31. The van der Waals surface area contributed by atoms with E-state index in [9.17, 15) is 4.79 Å². The maximum absolute atomic E-state index is 12.5. The van der Waals surface area contributed by atoms with E-state index in [1.807, 2.05) is 0 Å². The minimum atomic E-state index is 0.0645. The first-order valence-electron chi connectivity index (χ1n) is 6.77. The van der Waals surface area contributed by atoms with Gasteiger partial charge in [0.1, 0.15) is 5.78 Å². The molecule has 2 aliphatic rings. The van der Waals surface area contributed by atoms with E-state index >= 15 is 0 Å². The van der Waals surface area contributed by atoms with Crippen molar-refractivity contribution in [3.63, 3.8) is 0 Å². The predicted octanol–water partition coefficient (Wildman–Crippen LogP) is 4.11. The molecular weight excluding hydrogens is 184 g/mol. The molecule has 15 heavy (non-hydrogen) atoms. The van der Waals surface area contributed by atoms with Crippen LogP contribution in [0.1, 0.15) is 71.1 Å². The molecule has 0 spiro atoms. The summed E-state index contributed by atoms with van der Waals surface area (Å²) in [5.41, 5.74) is 0.0645. The van der Waals surface area contributed by atoms with Crippen LogP contribution < -0.4 is 0 Å². The van der Waals surface area contributed by atoms with Crippen LogP contribution >= 0.6 is 0 Å². The van der Waals surface area contributed by atoms with Crippen LogP contribution in [-0.2, 0) is 4.79 Å². The Bertz CT molecular complexity index is 217. The van der Waals surface area contributed by atoms with Crippen molar-refractivity contribution in [3.8, 4) is 0 Å². The van der Waals surface area contributed by atoms with Crippen LogP contribution in [0.15, 0.2) is 0 Å². The molecule has 0 N–H and O–H groups in total. The Morgan fingerprint density at radius 1 is 0.933 bits per heavy atom. The van der Waals surface area contributed by atoms with Gasteiger partial charge in [0.15, 0.2) is 0 Å². The van der Waals surface area contributed by atoms with Crippen LogP contribution in [0, 0.1) is 11.3 Å². The third-order valence-corrected chi connectivity index (χ3v) is 4.53. The van der Waals surface area contributed by atoms with Crippen molar-refractivity contribution in [2.24, 2.45) is 11.3 Å². The summed E-state index contributed by atoms with van der Waals surface area (Å²) in [4.78, 5) is 12.5. The predicted molar refractivity (Wildman–Crippen MR) is 62.8 cm³/mol. The van der Waals surface area contributed by atoms with Gasteiger partial charge in [0.25, 0.3) is 0 Å². The van der Waals surface area contributed by atoms with Gasteiger partial charge in [-0.2, -0.15) is 0 Å². The molecule has 0 amide bonds. The quantitative estimate of drug-likeness (QED) is 0.624. The van der Waals surface area contributed by atoms with Crippen molar-refractivity contribution >= 4 is 5.78 Å². The summed E-state index contributed by atoms with van der Waals surface area (Å²) in [6, 6.07) is 0. The van der Waals surface area contributed by atoms with Crippen molar-refractivity contribution in [2.75, 3.05) is 0 Å². The molecule has 2 fully saturated rings. The Balaban J connectivity index is 1.98. The lowest BCUT2D eigenvalue weighted by atomic mass is 9.76. The largest absolute Gasteiger partial charge is 0.299 e. The van der Waals surface area contributed by atoms with Gasteiger partial charge in [0.2, 0.25) is 0 Å². The summed E-state index contributed by atoms with van der Waals surface area (Å²) in [5.74, 6) is 1.03. The lowest BCUT2D eigenvalue weighted by Gasteiger charge is -2.27. The topological polar surface area (TPSA) is 17.1 Å². The molecule has 0 unspecified atom stereocenters. The van der Waals surface area contributed by atoms with Crippen molar-refractivity contribution in [3.05, 3.63) is 0 Å². The fourth-order valence-electron chi connectivity index (χ4n) is 3.44. The molecule has 0 aromatic heterocycles. The maximum atomic E-state index is 12.5. The van der Waals surface area contributed by atoms with Gasteiger partial charge in [-0.1, -0.05) is 45.4 Å². The maximum Gasteiger partial charge on any atom is 0.141 e. The molecule has 0 atom stereocenters. The third kappa shape index (κ3) is 2.43. The second-order valence-electron chi connectivity index (χ2n) is 5.82. The van der Waals surface area contributed by atoms with Gasteiger partial charge < -0.3 is 0 Å². The normalized spacial score (nSPS) is 27.5. The van der Waals surface area contributed by atoms with E-state index in [2.05, 4.69) is 6.92 Å². The van der Waals surface area contributed by atoms with Gasteiger partial charge in [0, 0.05) is 11.3 Å². The van der Waals surface area contributed by atoms with Crippen LogP contribution in [0.5, 0.6) is 0 Å². The van der Waals surface area contributed by atoms with E-state index in [0.717, 1.165) is 12.8 Å². The number of hydrogen-bond donors (Lipinski definition) is 0. The highest BCUT2D eigenvalue weighted by molar-refractivity contribution is 5.86. The van der Waals surface area contributed by atoms with Crippen molar-refractivity contribution in [2.45, 2.75) is 71.1 Å². The van der Waals surface area contributed by atoms with Crippen LogP contribution in [-0.4, -0.2) is 5.78 Å². The Labute approximate surface area is 93.6 Å². The van der Waals surface area contributed by atoms with Gasteiger partial charge in [-0.25, -0.2) is 0 Å². The average molecular weight is 208 g/mol. The SMILES string of the molecule is CC1(C(=O)C2CCCCCC2)CCCC1. The van der Waals surface area contributed by atoms with E-state index in [1.54, 1.807) is 0 Å². The molecule has 0 saturated heterocycles. The molecule has 0 aliphatic heterocycles. The Morgan fingerprint density at radius 2 is 1.47 bits per heavy atom. The molecule has 86 valence electrons. The second kappa shape index (κ2) is 4.67. The molecule has 2 aliphatic carbocycles. The van der Waals surface area contributed by atoms with Gasteiger partial charge >= 0.3 is 0 Å². The van der Waals surface area contributed by atoms with E-state index in [1.165, 1.54) is 51.4 Å². The number of ketones is 1. The first kappa shape index (κ1) is 11.2. The molecule has 0 aromatic carbocycles. The minimum absolute atomic E-state index is 0.0645. The van der Waals surface area contributed by atoms with Gasteiger partial charge in [-0.05, 0) is 25.7 Å². The highest BCUT2D eigenvalue weighted by Gasteiger charge is 2.39. The highest BCUT2D eigenvalue weighted by atomic mass is 16.1. The fraction of sp³-hybridized carbons (Fsp3) is 0.929. The molecule has 0 radical (unpaired) electrons. The molecule has 0 aromatic rings. The zero-order valence-electron chi connectivity index (χ0n) is 10.1. The zero-order valence-corrected chi connectivity index (χ0v) is 10.1. The van der Waals surface area contributed by atoms with Crippen LogP contribution in [0.4, 0.5) is 0 Å². The lowest BCUT2D eigenvalue weighted by molar-refractivity contribution is -0.132. The first-order chi connectivity index (χ1) is 7.22. The summed E-state index contributed by atoms with van der Waals surface area (Å²) >= 11 is 0. The number of Topliss-reactive ketones (excluding diaryl/α,β-unsaturated/α-hetero) is 1. The number of carbonyl (C=O) groups excluding carboxylic acids is 1. The van der Waals surface area contributed by atoms with Crippen LogP contribution in [0.25, 0.3) is 0 Å². The van der Waals surface area contributed by atoms with E-state index in [0.29, 0.717) is 11.7 Å². The Morgan fingerprint density at radius 3 is 2.00 bits per heavy atom. The third-order valence-electron chi connectivity index (χ3n) is 4.53. The minimum Gasteiger partial charge on any atom is -0.299 e. The van der Waals surface area contributed by atoms with Crippen molar-refractivity contribution in [1.82, 2.24) is 0 Å². The second-order valence-corrected chi connectivity index (χ2v) is 5.82. The summed E-state index contributed by atoms with van der Waals surface area (Å²) in [6.07, 6.45) is 12.5. The first-order valence-corrected chi connectivity index (χ1v) is 6.77. The molecule has 0 heterocycles. The van der Waals surface area contributed by atoms with Gasteiger partial charge in [-0.3, -0.25) is 4.79 Å². The molecule has 1 heteroatoms. The molecular formula is C14H24O. The standard InChI is InChI=1S/C14H24O/c1-14(10-6-7-11-14)13(15)12-8-4-2-3-5-9-12/h12H,2-11H2,1H3. The summed E-state index contributed by atoms with van der Waals surface area (Å²) < 4.78 is 0. The average Bonchev–Trinajstić information content (AvgIpc) is 2.54. The smallest absolute Gasteiger partial charge is 0.141 e. The molecule has 2 rings (SSSR count). The fourth-order valence-corrected chi connectivity index (χ4v) is 3.44. The Kier molecular flexibility index (Phi) is 3.48. The number of hydrogen-bond acceptors (Lipinski definition) is 1. The monoisotopic (exact) mass is 208 g/mol. The molecule has 2 saturated carbocycles. The summed E-state index contributed by atoms with van der Waals surface area (Å²) in [6.45, 7) is 2.22. The van der Waals surface area contributed by atoms with Gasteiger partial charge in [0.05, 0.1) is 0 Å². The number of rotatable bonds is 2. The van der Waals surface area contributed by atoms with Crippen molar-refractivity contribution in [1.29, 1.82) is 0 Å². The van der Waals surface area contributed by atoms with Crippen molar-refractivity contribution < 1.29 is 4.79 Å². The van der Waals surface area contributed by atoms with Crippen LogP contribution in [0.3, 0.4) is 0 Å². The summed E-state index contributed by atoms with van der Waals surface area (Å²) in [7, 11) is 0. The van der Waals surface area contributed by atoms with Crippen LogP contribution in [0.2, 0.25) is 0 Å². The number of carbonyl (C=O) groups is 1. The highest BCUT2D eigenvalue weighted by Crippen LogP contribution is 2.42.